The van der Waals surface area contributed by atoms with E-state index in [1.807, 2.05) is 30.3 Å². The van der Waals surface area contributed by atoms with Crippen LogP contribution in [0.15, 0.2) is 84.4 Å². The fourth-order valence-electron chi connectivity index (χ4n) is 3.30. The molecule has 0 bridgehead atoms. The van der Waals surface area contributed by atoms with Gasteiger partial charge in [-0.25, -0.2) is 4.79 Å². The van der Waals surface area contributed by atoms with Crippen LogP contribution in [0.1, 0.15) is 21.5 Å². The molecule has 164 valence electrons. The van der Waals surface area contributed by atoms with E-state index in [4.69, 9.17) is 17.0 Å². The number of nitrogens with one attached hydrogen (secondary N) is 1. The van der Waals surface area contributed by atoms with Gasteiger partial charge >= 0.3 is 5.97 Å². The van der Waals surface area contributed by atoms with Gasteiger partial charge in [-0.15, -0.1) is 0 Å². The molecule has 1 heterocycles. The van der Waals surface area contributed by atoms with Crippen LogP contribution in [-0.4, -0.2) is 28.0 Å². The number of hydrogen-bond donors (Lipinski definition) is 2. The third-order valence-corrected chi connectivity index (χ3v) is 5.18. The first-order valence-electron chi connectivity index (χ1n) is 9.94. The van der Waals surface area contributed by atoms with E-state index < -0.39 is 17.8 Å². The number of amides is 2. The van der Waals surface area contributed by atoms with Crippen LogP contribution in [0.2, 0.25) is 0 Å². The van der Waals surface area contributed by atoms with Crippen molar-refractivity contribution in [3.8, 4) is 5.75 Å². The quantitative estimate of drug-likeness (QED) is 0.332. The molecule has 1 aliphatic heterocycles. The van der Waals surface area contributed by atoms with Gasteiger partial charge in [-0.2, -0.15) is 0 Å². The van der Waals surface area contributed by atoms with E-state index in [1.54, 1.807) is 36.4 Å². The molecule has 0 atom stereocenters. The minimum Gasteiger partial charge on any atom is -0.488 e. The maximum Gasteiger partial charge on any atom is 0.339 e. The predicted octanol–water partition coefficient (Wildman–Crippen LogP) is 3.80. The number of carbonyl (C=O) groups is 3. The summed E-state index contributed by atoms with van der Waals surface area (Å²) in [6, 6.07) is 22.5. The molecule has 2 N–H and O–H groups in total. The Labute approximate surface area is 194 Å². The van der Waals surface area contributed by atoms with E-state index in [0.29, 0.717) is 11.3 Å². The van der Waals surface area contributed by atoms with E-state index in [1.165, 1.54) is 23.1 Å². The normalized spacial score (nSPS) is 14.8. The standard InChI is InChI=1S/C25H18N2O5S/c28-22-20(23(29)27(25(33)26-22)18-9-5-2-6-10-18)14-17-11-12-21(19(13-17)24(30)31)32-15-16-7-3-1-4-8-16/h1-14H,15H2,(H,30,31)(H,26,28,33)/b20-14+. The molecule has 4 rings (SSSR count). The highest BCUT2D eigenvalue weighted by Gasteiger charge is 2.34. The number of aromatic carboxylic acids is 1. The lowest BCUT2D eigenvalue weighted by atomic mass is 10.0. The summed E-state index contributed by atoms with van der Waals surface area (Å²) in [5, 5.41) is 12.1. The summed E-state index contributed by atoms with van der Waals surface area (Å²) in [7, 11) is 0. The average molecular weight is 458 g/mol. The monoisotopic (exact) mass is 458 g/mol. The Hall–Kier alpha value is -4.30. The fraction of sp³-hybridized carbons (Fsp3) is 0.0400. The van der Waals surface area contributed by atoms with Gasteiger partial charge in [0.05, 0.1) is 5.69 Å². The van der Waals surface area contributed by atoms with Crippen molar-refractivity contribution in [2.45, 2.75) is 6.61 Å². The molecule has 3 aromatic rings. The summed E-state index contributed by atoms with van der Waals surface area (Å²) in [6.07, 6.45) is 1.34. The summed E-state index contributed by atoms with van der Waals surface area (Å²) < 4.78 is 5.69. The zero-order chi connectivity index (χ0) is 23.4. The van der Waals surface area contributed by atoms with E-state index in [9.17, 15) is 19.5 Å². The molecule has 3 aromatic carbocycles. The second-order valence-corrected chi connectivity index (χ2v) is 7.52. The largest absolute Gasteiger partial charge is 0.488 e. The molecule has 1 aliphatic rings. The van der Waals surface area contributed by atoms with Crippen molar-refractivity contribution < 1.29 is 24.2 Å². The van der Waals surface area contributed by atoms with Gasteiger partial charge in [0.25, 0.3) is 11.8 Å². The number of carboxylic acid groups (broad SMARTS) is 1. The first-order chi connectivity index (χ1) is 15.9. The second kappa shape index (κ2) is 9.46. The Morgan fingerprint density at radius 3 is 2.33 bits per heavy atom. The number of carboxylic acids is 1. The smallest absolute Gasteiger partial charge is 0.339 e. The molecular formula is C25H18N2O5S. The van der Waals surface area contributed by atoms with Gasteiger partial charge in [-0.05, 0) is 53.7 Å². The number of nitrogens with zero attached hydrogens (tertiary/aromatic N) is 1. The van der Waals surface area contributed by atoms with Crippen molar-refractivity contribution in [3.63, 3.8) is 0 Å². The van der Waals surface area contributed by atoms with Crippen molar-refractivity contribution in [1.82, 2.24) is 5.32 Å². The highest BCUT2D eigenvalue weighted by atomic mass is 32.1. The number of rotatable bonds is 6. The van der Waals surface area contributed by atoms with E-state index >= 15 is 0 Å². The van der Waals surface area contributed by atoms with Crippen LogP contribution in [0.4, 0.5) is 5.69 Å². The number of anilines is 1. The Balaban J connectivity index is 1.63. The molecule has 0 saturated carbocycles. The summed E-state index contributed by atoms with van der Waals surface area (Å²) in [5.41, 5.74) is 1.51. The molecule has 0 radical (unpaired) electrons. The molecule has 0 aromatic heterocycles. The Morgan fingerprint density at radius 1 is 1.00 bits per heavy atom. The van der Waals surface area contributed by atoms with Crippen LogP contribution in [0, 0.1) is 0 Å². The van der Waals surface area contributed by atoms with Crippen LogP contribution in [0.25, 0.3) is 6.08 Å². The van der Waals surface area contributed by atoms with Crippen molar-refractivity contribution in [2.24, 2.45) is 0 Å². The van der Waals surface area contributed by atoms with E-state index in [2.05, 4.69) is 5.32 Å². The summed E-state index contributed by atoms with van der Waals surface area (Å²) in [4.78, 5) is 38.6. The Bertz CT molecular complexity index is 1270. The lowest BCUT2D eigenvalue weighted by Gasteiger charge is -2.28. The SMILES string of the molecule is O=C1NC(=S)N(c2ccccc2)C(=O)/C1=C/c1ccc(OCc2ccccc2)c(C(=O)O)c1. The molecule has 8 heteroatoms. The minimum atomic E-state index is -1.19. The summed E-state index contributed by atoms with van der Waals surface area (Å²) in [6.45, 7) is 0.200. The third-order valence-electron chi connectivity index (χ3n) is 4.90. The first-order valence-corrected chi connectivity index (χ1v) is 10.4. The van der Waals surface area contributed by atoms with Gasteiger partial charge in [0, 0.05) is 0 Å². The number of benzene rings is 3. The molecule has 0 spiro atoms. The molecule has 1 saturated heterocycles. The van der Waals surface area contributed by atoms with Crippen molar-refractivity contribution in [1.29, 1.82) is 0 Å². The minimum absolute atomic E-state index is 0.0239. The van der Waals surface area contributed by atoms with Gasteiger partial charge in [0.2, 0.25) is 0 Å². The fourth-order valence-corrected chi connectivity index (χ4v) is 3.58. The van der Waals surface area contributed by atoms with E-state index in [0.717, 1.165) is 5.56 Å². The van der Waals surface area contributed by atoms with Crippen molar-refractivity contribution in [3.05, 3.63) is 101 Å². The van der Waals surface area contributed by atoms with E-state index in [-0.39, 0.29) is 28.6 Å². The zero-order valence-corrected chi connectivity index (χ0v) is 18.0. The number of thiocarbonyl (C=S) groups is 1. The topological polar surface area (TPSA) is 95.9 Å². The van der Waals surface area contributed by atoms with Gasteiger partial charge in [0.15, 0.2) is 5.11 Å². The number of hydrogen-bond acceptors (Lipinski definition) is 5. The van der Waals surface area contributed by atoms with Crippen molar-refractivity contribution >= 4 is 46.9 Å². The van der Waals surface area contributed by atoms with Gasteiger partial charge in [-0.3, -0.25) is 19.8 Å². The molecule has 0 unspecified atom stereocenters. The number of carbonyl (C=O) groups excluding carboxylic acids is 2. The Morgan fingerprint density at radius 2 is 1.67 bits per heavy atom. The van der Waals surface area contributed by atoms with Gasteiger partial charge in [-0.1, -0.05) is 54.6 Å². The number of para-hydroxylation sites is 1. The molecule has 1 fully saturated rings. The van der Waals surface area contributed by atoms with Crippen LogP contribution >= 0.6 is 12.2 Å². The van der Waals surface area contributed by atoms with Crippen LogP contribution in [-0.2, 0) is 16.2 Å². The van der Waals surface area contributed by atoms with Gasteiger partial charge in [0.1, 0.15) is 23.5 Å². The predicted molar refractivity (Wildman–Crippen MR) is 127 cm³/mol. The lowest BCUT2D eigenvalue weighted by Crippen LogP contribution is -2.54. The van der Waals surface area contributed by atoms with Crippen molar-refractivity contribution in [2.75, 3.05) is 4.90 Å². The highest BCUT2D eigenvalue weighted by Crippen LogP contribution is 2.25. The number of ether oxygens (including phenoxy) is 1. The average Bonchev–Trinajstić information content (AvgIpc) is 2.82. The highest BCUT2D eigenvalue weighted by molar-refractivity contribution is 7.80. The lowest BCUT2D eigenvalue weighted by molar-refractivity contribution is -0.122. The Kier molecular flexibility index (Phi) is 6.28. The summed E-state index contributed by atoms with van der Waals surface area (Å²) in [5.74, 6) is -2.26. The molecule has 7 nitrogen and oxygen atoms in total. The maximum atomic E-state index is 13.1. The van der Waals surface area contributed by atoms with Crippen LogP contribution in [0.5, 0.6) is 5.75 Å². The molecule has 0 aliphatic carbocycles. The maximum absolute atomic E-state index is 13.1. The molecular weight excluding hydrogens is 440 g/mol. The van der Waals surface area contributed by atoms with Crippen LogP contribution in [0.3, 0.4) is 0 Å². The van der Waals surface area contributed by atoms with Gasteiger partial charge < -0.3 is 9.84 Å². The third kappa shape index (κ3) is 4.81. The van der Waals surface area contributed by atoms with Crippen LogP contribution < -0.4 is 15.0 Å². The zero-order valence-electron chi connectivity index (χ0n) is 17.2. The second-order valence-electron chi connectivity index (χ2n) is 7.13. The summed E-state index contributed by atoms with van der Waals surface area (Å²) >= 11 is 5.17. The first kappa shape index (κ1) is 21.9. The molecule has 33 heavy (non-hydrogen) atoms. The molecule has 2 amide bonds.